The highest BCUT2D eigenvalue weighted by Gasteiger charge is 2.29. The molecular weight excluding hydrogens is 364 g/mol. The third-order valence-electron chi connectivity index (χ3n) is 6.24. The minimum absolute atomic E-state index is 0.00894. The van der Waals surface area contributed by atoms with Crippen molar-refractivity contribution in [3.05, 3.63) is 58.5 Å². The van der Waals surface area contributed by atoms with Crippen molar-refractivity contribution < 1.29 is 4.79 Å². The molecule has 1 saturated carbocycles. The smallest absolute Gasteiger partial charge is 0.269 e. The lowest BCUT2D eigenvalue weighted by molar-refractivity contribution is -0.124. The largest absolute Gasteiger partial charge is 0.369 e. The lowest BCUT2D eigenvalue weighted by Gasteiger charge is -2.23. The van der Waals surface area contributed by atoms with Gasteiger partial charge in [-0.25, -0.2) is 4.68 Å². The Hall–Kier alpha value is -2.63. The Morgan fingerprint density at radius 1 is 1.10 bits per heavy atom. The minimum Gasteiger partial charge on any atom is -0.369 e. The third-order valence-corrected chi connectivity index (χ3v) is 6.24. The molecule has 2 aromatic rings. The fourth-order valence-electron chi connectivity index (χ4n) is 4.46. The molecule has 0 bridgehead atoms. The van der Waals surface area contributed by atoms with Crippen LogP contribution in [0.2, 0.25) is 0 Å². The maximum Gasteiger partial charge on any atom is 0.269 e. The lowest BCUT2D eigenvalue weighted by atomic mass is 9.89. The molecule has 1 aromatic heterocycles. The summed E-state index contributed by atoms with van der Waals surface area (Å²) in [6.45, 7) is 2.71. The van der Waals surface area contributed by atoms with Crippen LogP contribution in [0.5, 0.6) is 0 Å². The van der Waals surface area contributed by atoms with Gasteiger partial charge in [-0.3, -0.25) is 9.59 Å². The molecule has 1 amide bonds. The summed E-state index contributed by atoms with van der Waals surface area (Å²) in [6.07, 6.45) is 8.96. The van der Waals surface area contributed by atoms with Gasteiger partial charge in [-0.1, -0.05) is 49.6 Å². The van der Waals surface area contributed by atoms with Gasteiger partial charge in [0.25, 0.3) is 5.56 Å². The molecule has 0 spiro atoms. The van der Waals surface area contributed by atoms with Gasteiger partial charge < -0.3 is 10.2 Å². The summed E-state index contributed by atoms with van der Waals surface area (Å²) in [6, 6.07) is 11.5. The van der Waals surface area contributed by atoms with Gasteiger partial charge in [0, 0.05) is 25.7 Å². The van der Waals surface area contributed by atoms with Crippen molar-refractivity contribution in [3.63, 3.8) is 0 Å². The van der Waals surface area contributed by atoms with Crippen LogP contribution in [0.25, 0.3) is 0 Å². The zero-order chi connectivity index (χ0) is 20.1. The maximum atomic E-state index is 12.6. The number of amides is 1. The molecule has 2 aliphatic rings. The van der Waals surface area contributed by atoms with Gasteiger partial charge in [0.05, 0.1) is 24.3 Å². The van der Waals surface area contributed by atoms with E-state index in [1.54, 1.807) is 12.3 Å². The standard InChI is InChI=1S/C23H30N4O2/c28-22-13-21(15-25-27(22)16-19-9-5-2-6-10-19)26-12-11-20(17-26)23(29)24-14-18-7-3-1-4-8-18/h2,5-6,9-10,13,15,18,20H,1,3-4,7-8,11-12,14,16-17H2,(H,24,29). The van der Waals surface area contributed by atoms with E-state index < -0.39 is 0 Å². The first kappa shape index (κ1) is 19.7. The molecule has 0 radical (unpaired) electrons. The molecule has 4 rings (SSSR count). The second kappa shape index (κ2) is 9.25. The zero-order valence-electron chi connectivity index (χ0n) is 16.9. The predicted octanol–water partition coefficient (Wildman–Crippen LogP) is 2.81. The first-order chi connectivity index (χ1) is 14.2. The van der Waals surface area contributed by atoms with Crippen LogP contribution in [0.3, 0.4) is 0 Å². The van der Waals surface area contributed by atoms with Gasteiger partial charge in [0.15, 0.2) is 0 Å². The van der Waals surface area contributed by atoms with Gasteiger partial charge in [0.2, 0.25) is 5.91 Å². The zero-order valence-corrected chi connectivity index (χ0v) is 16.9. The van der Waals surface area contributed by atoms with E-state index in [0.717, 1.165) is 30.8 Å². The van der Waals surface area contributed by atoms with Crippen molar-refractivity contribution in [1.82, 2.24) is 15.1 Å². The number of rotatable bonds is 6. The molecule has 6 heteroatoms. The number of nitrogens with zero attached hydrogens (tertiary/aromatic N) is 3. The first-order valence-corrected chi connectivity index (χ1v) is 10.8. The molecule has 1 saturated heterocycles. The van der Waals surface area contributed by atoms with Gasteiger partial charge in [-0.05, 0) is 30.7 Å². The molecule has 154 valence electrons. The molecule has 2 fully saturated rings. The van der Waals surface area contributed by atoms with Crippen LogP contribution in [0.1, 0.15) is 44.1 Å². The number of anilines is 1. The lowest BCUT2D eigenvalue weighted by Crippen LogP contribution is -2.36. The van der Waals surface area contributed by atoms with Gasteiger partial charge in [-0.15, -0.1) is 0 Å². The van der Waals surface area contributed by atoms with E-state index in [-0.39, 0.29) is 17.4 Å². The Morgan fingerprint density at radius 3 is 2.66 bits per heavy atom. The van der Waals surface area contributed by atoms with Crippen molar-refractivity contribution >= 4 is 11.6 Å². The number of benzene rings is 1. The second-order valence-electron chi connectivity index (χ2n) is 8.38. The number of carbonyl (C=O) groups excluding carboxylic acids is 1. The van der Waals surface area contributed by atoms with Crippen LogP contribution >= 0.6 is 0 Å². The van der Waals surface area contributed by atoms with Crippen LogP contribution < -0.4 is 15.8 Å². The highest BCUT2D eigenvalue weighted by molar-refractivity contribution is 5.80. The maximum absolute atomic E-state index is 12.6. The number of aromatic nitrogens is 2. The van der Waals surface area contributed by atoms with E-state index in [2.05, 4.69) is 15.3 Å². The number of hydrogen-bond donors (Lipinski definition) is 1. The summed E-state index contributed by atoms with van der Waals surface area (Å²) in [5.41, 5.74) is 1.74. The Labute approximate surface area is 171 Å². The molecule has 1 aromatic carbocycles. The molecule has 2 heterocycles. The van der Waals surface area contributed by atoms with Gasteiger partial charge >= 0.3 is 0 Å². The van der Waals surface area contributed by atoms with E-state index in [1.165, 1.54) is 36.8 Å². The molecule has 1 aliphatic heterocycles. The van der Waals surface area contributed by atoms with Crippen LogP contribution in [0, 0.1) is 11.8 Å². The van der Waals surface area contributed by atoms with Gasteiger partial charge in [0.1, 0.15) is 0 Å². The minimum atomic E-state index is -0.114. The van der Waals surface area contributed by atoms with E-state index in [0.29, 0.717) is 19.0 Å². The Kier molecular flexibility index (Phi) is 6.27. The average molecular weight is 395 g/mol. The van der Waals surface area contributed by atoms with Crippen LogP contribution in [-0.2, 0) is 11.3 Å². The first-order valence-electron chi connectivity index (χ1n) is 10.8. The quantitative estimate of drug-likeness (QED) is 0.818. The molecule has 1 unspecified atom stereocenters. The highest BCUT2D eigenvalue weighted by Crippen LogP contribution is 2.24. The summed E-state index contributed by atoms with van der Waals surface area (Å²) < 4.78 is 1.48. The monoisotopic (exact) mass is 394 g/mol. The highest BCUT2D eigenvalue weighted by atomic mass is 16.2. The fraction of sp³-hybridized carbons (Fsp3) is 0.522. The molecule has 1 N–H and O–H groups in total. The summed E-state index contributed by atoms with van der Waals surface area (Å²) in [5, 5.41) is 7.51. The predicted molar refractivity (Wildman–Crippen MR) is 114 cm³/mol. The summed E-state index contributed by atoms with van der Waals surface area (Å²) >= 11 is 0. The topological polar surface area (TPSA) is 67.2 Å². The molecule has 6 nitrogen and oxygen atoms in total. The third kappa shape index (κ3) is 5.05. The Bertz CT molecular complexity index is 874. The molecule has 1 atom stereocenters. The molecule has 29 heavy (non-hydrogen) atoms. The van der Waals surface area contributed by atoms with E-state index >= 15 is 0 Å². The van der Waals surface area contributed by atoms with Crippen molar-refractivity contribution in [2.24, 2.45) is 11.8 Å². The normalized spacial score (nSPS) is 20.0. The molecule has 1 aliphatic carbocycles. The van der Waals surface area contributed by atoms with Crippen molar-refractivity contribution in [1.29, 1.82) is 0 Å². The fourth-order valence-corrected chi connectivity index (χ4v) is 4.46. The summed E-state index contributed by atoms with van der Waals surface area (Å²) in [4.78, 5) is 27.2. The number of carbonyl (C=O) groups is 1. The van der Waals surface area contributed by atoms with Crippen molar-refractivity contribution in [2.75, 3.05) is 24.5 Å². The van der Waals surface area contributed by atoms with Crippen LogP contribution in [-0.4, -0.2) is 35.3 Å². The van der Waals surface area contributed by atoms with E-state index in [9.17, 15) is 9.59 Å². The van der Waals surface area contributed by atoms with E-state index in [4.69, 9.17) is 0 Å². The van der Waals surface area contributed by atoms with E-state index in [1.807, 2.05) is 30.3 Å². The van der Waals surface area contributed by atoms with Crippen LogP contribution in [0.15, 0.2) is 47.4 Å². The molecular formula is C23H30N4O2. The van der Waals surface area contributed by atoms with Crippen molar-refractivity contribution in [3.8, 4) is 0 Å². The SMILES string of the molecule is O=C(NCC1CCCCC1)C1CCN(c2cnn(Cc3ccccc3)c(=O)c2)C1. The summed E-state index contributed by atoms with van der Waals surface area (Å²) in [5.74, 6) is 0.792. The number of nitrogens with one attached hydrogen (secondary N) is 1. The number of hydrogen-bond acceptors (Lipinski definition) is 4. The average Bonchev–Trinajstić information content (AvgIpc) is 3.25. The second-order valence-corrected chi connectivity index (χ2v) is 8.38. The van der Waals surface area contributed by atoms with Crippen LogP contribution in [0.4, 0.5) is 5.69 Å². The summed E-state index contributed by atoms with van der Waals surface area (Å²) in [7, 11) is 0. The van der Waals surface area contributed by atoms with Crippen molar-refractivity contribution in [2.45, 2.75) is 45.1 Å². The van der Waals surface area contributed by atoms with Gasteiger partial charge in [-0.2, -0.15) is 5.10 Å². The Balaban J connectivity index is 1.32. The Morgan fingerprint density at radius 2 is 1.90 bits per heavy atom.